The summed E-state index contributed by atoms with van der Waals surface area (Å²) >= 11 is 9.20. The van der Waals surface area contributed by atoms with Crippen LogP contribution < -0.4 is 5.32 Å². The smallest absolute Gasteiger partial charge is 0.335 e. The Labute approximate surface area is 128 Å². The summed E-state index contributed by atoms with van der Waals surface area (Å²) in [6, 6.07) is 10.7. The molecule has 0 saturated heterocycles. The van der Waals surface area contributed by atoms with E-state index in [9.17, 15) is 9.59 Å². The number of hydrogen-bond donors (Lipinski definition) is 2. The molecule has 2 rings (SSSR count). The number of carbonyl (C=O) groups excluding carboxylic acids is 1. The Bertz CT molecular complexity index is 671. The van der Waals surface area contributed by atoms with Gasteiger partial charge >= 0.3 is 5.97 Å². The average Bonchev–Trinajstić information content (AvgIpc) is 2.43. The highest BCUT2D eigenvalue weighted by Crippen LogP contribution is 2.25. The molecule has 1 amide bonds. The highest BCUT2D eigenvalue weighted by atomic mass is 79.9. The number of rotatable bonds is 3. The molecule has 0 aliphatic rings. The van der Waals surface area contributed by atoms with Crippen LogP contribution in [0.2, 0.25) is 5.02 Å². The van der Waals surface area contributed by atoms with Gasteiger partial charge in [-0.05, 0) is 58.4 Å². The minimum absolute atomic E-state index is 0.133. The topological polar surface area (TPSA) is 66.4 Å². The van der Waals surface area contributed by atoms with E-state index in [0.717, 1.165) is 4.47 Å². The van der Waals surface area contributed by atoms with Crippen molar-refractivity contribution in [3.63, 3.8) is 0 Å². The second kappa shape index (κ2) is 6.07. The lowest BCUT2D eigenvalue weighted by atomic mass is 10.1. The molecule has 2 aromatic rings. The number of halogens is 2. The molecular weight excluding hydrogens is 346 g/mol. The van der Waals surface area contributed by atoms with E-state index >= 15 is 0 Å². The monoisotopic (exact) mass is 353 g/mol. The molecular formula is C14H9BrClNO3. The molecule has 0 fully saturated rings. The molecule has 2 N–H and O–H groups in total. The first kappa shape index (κ1) is 14.6. The van der Waals surface area contributed by atoms with Gasteiger partial charge in [0.25, 0.3) is 5.91 Å². The molecule has 102 valence electrons. The van der Waals surface area contributed by atoms with Crippen molar-refractivity contribution in [2.75, 3.05) is 5.32 Å². The van der Waals surface area contributed by atoms with Crippen molar-refractivity contribution < 1.29 is 14.7 Å². The minimum atomic E-state index is -1.03. The number of carboxylic acids is 1. The fraction of sp³-hybridized carbons (Fsp3) is 0. The van der Waals surface area contributed by atoms with Gasteiger partial charge in [-0.25, -0.2) is 4.79 Å². The standard InChI is InChI=1S/C14H9BrClNO3/c15-11-6-5-10(7-12(11)16)17-13(18)8-1-3-9(4-2-8)14(19)20/h1-7H,(H,17,18)(H,19,20). The Morgan fingerprint density at radius 3 is 2.20 bits per heavy atom. The molecule has 0 unspecified atom stereocenters. The molecule has 0 atom stereocenters. The summed E-state index contributed by atoms with van der Waals surface area (Å²) in [4.78, 5) is 22.7. The highest BCUT2D eigenvalue weighted by Gasteiger charge is 2.09. The van der Waals surface area contributed by atoms with Gasteiger partial charge in [-0.1, -0.05) is 11.6 Å². The number of aromatic carboxylic acids is 1. The Balaban J connectivity index is 2.15. The zero-order valence-electron chi connectivity index (χ0n) is 10.1. The van der Waals surface area contributed by atoms with Gasteiger partial charge in [-0.15, -0.1) is 0 Å². The van der Waals surface area contributed by atoms with Crippen LogP contribution in [-0.2, 0) is 0 Å². The number of nitrogens with one attached hydrogen (secondary N) is 1. The molecule has 6 heteroatoms. The number of anilines is 1. The molecule has 0 saturated carbocycles. The quantitative estimate of drug-likeness (QED) is 0.874. The van der Waals surface area contributed by atoms with Gasteiger partial charge in [-0.2, -0.15) is 0 Å². The third-order valence-corrected chi connectivity index (χ3v) is 3.80. The summed E-state index contributed by atoms with van der Waals surface area (Å²) in [5.41, 5.74) is 1.06. The highest BCUT2D eigenvalue weighted by molar-refractivity contribution is 9.10. The van der Waals surface area contributed by atoms with Gasteiger partial charge in [0.1, 0.15) is 0 Å². The molecule has 2 aromatic carbocycles. The third kappa shape index (κ3) is 3.37. The Hall–Kier alpha value is -1.85. The second-order valence-electron chi connectivity index (χ2n) is 3.97. The van der Waals surface area contributed by atoms with Crippen LogP contribution in [0.3, 0.4) is 0 Å². The van der Waals surface area contributed by atoms with Crippen molar-refractivity contribution in [1.82, 2.24) is 0 Å². The fourth-order valence-electron chi connectivity index (χ4n) is 1.54. The molecule has 0 aliphatic heterocycles. The van der Waals surface area contributed by atoms with Gasteiger partial charge in [0.2, 0.25) is 0 Å². The van der Waals surface area contributed by atoms with E-state index in [1.807, 2.05) is 0 Å². The van der Waals surface area contributed by atoms with E-state index in [-0.39, 0.29) is 11.5 Å². The van der Waals surface area contributed by atoms with Gasteiger partial charge in [0.15, 0.2) is 0 Å². The normalized spacial score (nSPS) is 10.1. The average molecular weight is 355 g/mol. The second-order valence-corrected chi connectivity index (χ2v) is 5.23. The van der Waals surface area contributed by atoms with Crippen LogP contribution >= 0.6 is 27.5 Å². The minimum Gasteiger partial charge on any atom is -0.478 e. The Morgan fingerprint density at radius 2 is 1.65 bits per heavy atom. The first-order chi connectivity index (χ1) is 9.47. The molecule has 0 spiro atoms. The van der Waals surface area contributed by atoms with Crippen molar-refractivity contribution in [3.8, 4) is 0 Å². The predicted octanol–water partition coefficient (Wildman–Crippen LogP) is 4.05. The van der Waals surface area contributed by atoms with E-state index in [1.54, 1.807) is 18.2 Å². The molecule has 4 nitrogen and oxygen atoms in total. The SMILES string of the molecule is O=C(O)c1ccc(C(=O)Nc2ccc(Br)c(Cl)c2)cc1. The number of carbonyl (C=O) groups is 2. The first-order valence-electron chi connectivity index (χ1n) is 5.57. The van der Waals surface area contributed by atoms with E-state index in [4.69, 9.17) is 16.7 Å². The van der Waals surface area contributed by atoms with Gasteiger partial charge in [0.05, 0.1) is 10.6 Å². The summed E-state index contributed by atoms with van der Waals surface area (Å²) in [6.07, 6.45) is 0. The molecule has 0 radical (unpaired) electrons. The van der Waals surface area contributed by atoms with Crippen LogP contribution in [-0.4, -0.2) is 17.0 Å². The number of carboxylic acid groups (broad SMARTS) is 1. The van der Waals surface area contributed by atoms with Crippen LogP contribution in [0.1, 0.15) is 20.7 Å². The van der Waals surface area contributed by atoms with Gasteiger partial charge in [-0.3, -0.25) is 4.79 Å². The molecule has 0 heterocycles. The van der Waals surface area contributed by atoms with Gasteiger partial charge < -0.3 is 10.4 Å². The first-order valence-corrected chi connectivity index (χ1v) is 6.74. The Kier molecular flexibility index (Phi) is 4.42. The van der Waals surface area contributed by atoms with E-state index < -0.39 is 5.97 Å². The molecule has 20 heavy (non-hydrogen) atoms. The molecule has 0 bridgehead atoms. The Morgan fingerprint density at radius 1 is 1.05 bits per heavy atom. The van der Waals surface area contributed by atoms with E-state index in [1.165, 1.54) is 24.3 Å². The lowest BCUT2D eigenvalue weighted by molar-refractivity contribution is 0.0696. The lowest BCUT2D eigenvalue weighted by Crippen LogP contribution is -2.12. The lowest BCUT2D eigenvalue weighted by Gasteiger charge is -2.06. The van der Waals surface area contributed by atoms with Crippen LogP contribution in [0.25, 0.3) is 0 Å². The van der Waals surface area contributed by atoms with E-state index in [2.05, 4.69) is 21.2 Å². The zero-order chi connectivity index (χ0) is 14.7. The van der Waals surface area contributed by atoms with Crippen molar-refractivity contribution >= 4 is 45.1 Å². The number of hydrogen-bond acceptors (Lipinski definition) is 2. The van der Waals surface area contributed by atoms with Gasteiger partial charge in [0, 0.05) is 15.7 Å². The van der Waals surface area contributed by atoms with Crippen molar-refractivity contribution in [2.45, 2.75) is 0 Å². The fourth-order valence-corrected chi connectivity index (χ4v) is 1.97. The molecule has 0 aromatic heterocycles. The van der Waals surface area contributed by atoms with Crippen molar-refractivity contribution in [3.05, 3.63) is 63.1 Å². The summed E-state index contributed by atoms with van der Waals surface area (Å²) < 4.78 is 0.739. The summed E-state index contributed by atoms with van der Waals surface area (Å²) in [6.45, 7) is 0. The number of benzene rings is 2. The van der Waals surface area contributed by atoms with Crippen molar-refractivity contribution in [1.29, 1.82) is 0 Å². The van der Waals surface area contributed by atoms with E-state index in [0.29, 0.717) is 16.3 Å². The van der Waals surface area contributed by atoms with Crippen molar-refractivity contribution in [2.24, 2.45) is 0 Å². The summed E-state index contributed by atoms with van der Waals surface area (Å²) in [5, 5.41) is 12.0. The largest absolute Gasteiger partial charge is 0.478 e. The maximum absolute atomic E-state index is 12.0. The number of amides is 1. The van der Waals surface area contributed by atoms with Crippen LogP contribution in [0.15, 0.2) is 46.9 Å². The summed E-state index contributed by atoms with van der Waals surface area (Å²) in [7, 11) is 0. The molecule has 0 aliphatic carbocycles. The maximum atomic E-state index is 12.0. The van der Waals surface area contributed by atoms with Crippen LogP contribution in [0.4, 0.5) is 5.69 Å². The predicted molar refractivity (Wildman–Crippen MR) is 80.5 cm³/mol. The summed E-state index contributed by atoms with van der Waals surface area (Å²) in [5.74, 6) is -1.36. The maximum Gasteiger partial charge on any atom is 0.335 e. The van der Waals surface area contributed by atoms with Crippen LogP contribution in [0.5, 0.6) is 0 Å². The third-order valence-electron chi connectivity index (χ3n) is 2.57. The van der Waals surface area contributed by atoms with Crippen LogP contribution in [0, 0.1) is 0 Å². The zero-order valence-corrected chi connectivity index (χ0v) is 12.4.